The van der Waals surface area contributed by atoms with Crippen molar-refractivity contribution in [2.24, 2.45) is 0 Å². The first-order valence-electron chi connectivity index (χ1n) is 9.05. The van der Waals surface area contributed by atoms with Crippen molar-refractivity contribution < 1.29 is 19.1 Å². The standard InChI is InChI=1S/C18H26N4O4/c23-17(19-5-6-21-7-11-25-12-8-21)18(24)20-15-3-1-2-4-16(15)22-9-13-26-14-10-22/h1-4H,5-14H2,(H,19,23)(H,20,24). The Hall–Kier alpha value is -2.16. The smallest absolute Gasteiger partial charge is 0.313 e. The van der Waals surface area contributed by atoms with Crippen LogP contribution in [0.1, 0.15) is 0 Å². The Morgan fingerprint density at radius 3 is 2.31 bits per heavy atom. The van der Waals surface area contributed by atoms with E-state index in [0.717, 1.165) is 31.9 Å². The van der Waals surface area contributed by atoms with Crippen molar-refractivity contribution in [3.63, 3.8) is 0 Å². The number of nitrogens with zero attached hydrogens (tertiary/aromatic N) is 2. The molecule has 0 saturated carbocycles. The van der Waals surface area contributed by atoms with Crippen LogP contribution in [-0.2, 0) is 19.1 Å². The number of hydrogen-bond acceptors (Lipinski definition) is 6. The van der Waals surface area contributed by atoms with Crippen LogP contribution in [0.4, 0.5) is 11.4 Å². The molecular formula is C18H26N4O4. The van der Waals surface area contributed by atoms with E-state index in [2.05, 4.69) is 20.4 Å². The fraction of sp³-hybridized carbons (Fsp3) is 0.556. The monoisotopic (exact) mass is 362 g/mol. The molecule has 0 unspecified atom stereocenters. The van der Waals surface area contributed by atoms with Crippen LogP contribution in [0.5, 0.6) is 0 Å². The van der Waals surface area contributed by atoms with Crippen LogP contribution in [0.3, 0.4) is 0 Å². The normalized spacial score (nSPS) is 18.4. The fourth-order valence-corrected chi connectivity index (χ4v) is 3.07. The molecular weight excluding hydrogens is 336 g/mol. The topological polar surface area (TPSA) is 83.1 Å². The van der Waals surface area contributed by atoms with E-state index in [1.54, 1.807) is 0 Å². The van der Waals surface area contributed by atoms with Crippen LogP contribution < -0.4 is 15.5 Å². The largest absolute Gasteiger partial charge is 0.379 e. The quantitative estimate of drug-likeness (QED) is 0.713. The van der Waals surface area contributed by atoms with Gasteiger partial charge in [-0.1, -0.05) is 12.1 Å². The van der Waals surface area contributed by atoms with Crippen LogP contribution in [0.25, 0.3) is 0 Å². The van der Waals surface area contributed by atoms with Gasteiger partial charge in [0.05, 0.1) is 37.8 Å². The van der Waals surface area contributed by atoms with E-state index in [1.807, 2.05) is 24.3 Å². The highest BCUT2D eigenvalue weighted by Gasteiger charge is 2.19. The number of anilines is 2. The molecule has 1 aromatic carbocycles. The zero-order valence-corrected chi connectivity index (χ0v) is 14.9. The summed E-state index contributed by atoms with van der Waals surface area (Å²) in [6, 6.07) is 7.51. The lowest BCUT2D eigenvalue weighted by Crippen LogP contribution is -2.43. The number of morpholine rings is 2. The SMILES string of the molecule is O=C(NCCN1CCOCC1)C(=O)Nc1ccccc1N1CCOCC1. The van der Waals surface area contributed by atoms with Crippen molar-refractivity contribution in [2.45, 2.75) is 0 Å². The molecule has 3 rings (SSSR count). The summed E-state index contributed by atoms with van der Waals surface area (Å²) in [6.45, 7) is 7.14. The molecule has 0 atom stereocenters. The van der Waals surface area contributed by atoms with Gasteiger partial charge in [0.25, 0.3) is 0 Å². The van der Waals surface area contributed by atoms with E-state index in [4.69, 9.17) is 9.47 Å². The van der Waals surface area contributed by atoms with Crippen molar-refractivity contribution >= 4 is 23.2 Å². The second-order valence-corrected chi connectivity index (χ2v) is 6.28. The summed E-state index contributed by atoms with van der Waals surface area (Å²) in [7, 11) is 0. The molecule has 0 spiro atoms. The molecule has 142 valence electrons. The van der Waals surface area contributed by atoms with Crippen molar-refractivity contribution in [3.05, 3.63) is 24.3 Å². The van der Waals surface area contributed by atoms with E-state index in [-0.39, 0.29) is 0 Å². The minimum Gasteiger partial charge on any atom is -0.379 e. The molecule has 1 aromatic rings. The van der Waals surface area contributed by atoms with E-state index >= 15 is 0 Å². The van der Waals surface area contributed by atoms with Crippen molar-refractivity contribution in [1.29, 1.82) is 0 Å². The van der Waals surface area contributed by atoms with Gasteiger partial charge >= 0.3 is 11.8 Å². The second kappa shape index (κ2) is 9.51. The maximum absolute atomic E-state index is 12.2. The Morgan fingerprint density at radius 2 is 1.58 bits per heavy atom. The number of para-hydroxylation sites is 2. The molecule has 2 N–H and O–H groups in total. The van der Waals surface area contributed by atoms with Gasteiger partial charge in [0.15, 0.2) is 0 Å². The molecule has 0 bridgehead atoms. The molecule has 2 aliphatic rings. The molecule has 2 saturated heterocycles. The zero-order valence-electron chi connectivity index (χ0n) is 14.9. The Kier molecular flexibility index (Phi) is 6.82. The lowest BCUT2D eigenvalue weighted by Gasteiger charge is -2.30. The third-order valence-electron chi connectivity index (χ3n) is 4.53. The van der Waals surface area contributed by atoms with Gasteiger partial charge in [0.2, 0.25) is 0 Å². The van der Waals surface area contributed by atoms with Gasteiger partial charge in [-0.25, -0.2) is 0 Å². The second-order valence-electron chi connectivity index (χ2n) is 6.28. The molecule has 0 radical (unpaired) electrons. The molecule has 26 heavy (non-hydrogen) atoms. The van der Waals surface area contributed by atoms with Crippen LogP contribution in [0, 0.1) is 0 Å². The van der Waals surface area contributed by atoms with E-state index in [0.29, 0.717) is 45.2 Å². The summed E-state index contributed by atoms with van der Waals surface area (Å²) >= 11 is 0. The predicted octanol–water partition coefficient (Wildman–Crippen LogP) is -0.0899. The Morgan fingerprint density at radius 1 is 0.923 bits per heavy atom. The first-order chi connectivity index (χ1) is 12.7. The highest BCUT2D eigenvalue weighted by Crippen LogP contribution is 2.26. The first-order valence-corrected chi connectivity index (χ1v) is 9.05. The maximum atomic E-state index is 12.2. The van der Waals surface area contributed by atoms with Crippen LogP contribution in [-0.4, -0.2) is 82.4 Å². The molecule has 2 fully saturated rings. The number of hydrogen-bond donors (Lipinski definition) is 2. The molecule has 2 amide bonds. The van der Waals surface area contributed by atoms with Gasteiger partial charge in [-0.2, -0.15) is 0 Å². The Bertz CT molecular complexity index is 613. The van der Waals surface area contributed by atoms with Crippen molar-refractivity contribution in [3.8, 4) is 0 Å². The molecule has 2 aliphatic heterocycles. The molecule has 2 heterocycles. The molecule has 0 aromatic heterocycles. The van der Waals surface area contributed by atoms with Gasteiger partial charge < -0.3 is 25.0 Å². The Labute approximate surface area is 153 Å². The van der Waals surface area contributed by atoms with E-state index in [1.165, 1.54) is 0 Å². The fourth-order valence-electron chi connectivity index (χ4n) is 3.07. The highest BCUT2D eigenvalue weighted by atomic mass is 16.5. The molecule has 8 nitrogen and oxygen atoms in total. The first kappa shape index (κ1) is 18.6. The summed E-state index contributed by atoms with van der Waals surface area (Å²) < 4.78 is 10.7. The number of amides is 2. The predicted molar refractivity (Wildman–Crippen MR) is 98.4 cm³/mol. The third-order valence-corrected chi connectivity index (χ3v) is 4.53. The number of carbonyl (C=O) groups is 2. The lowest BCUT2D eigenvalue weighted by atomic mass is 10.2. The summed E-state index contributed by atoms with van der Waals surface area (Å²) in [5.41, 5.74) is 1.55. The van der Waals surface area contributed by atoms with Crippen LogP contribution in [0.2, 0.25) is 0 Å². The van der Waals surface area contributed by atoms with Gasteiger partial charge in [-0.05, 0) is 12.1 Å². The summed E-state index contributed by atoms with van der Waals surface area (Å²) in [4.78, 5) is 28.7. The van der Waals surface area contributed by atoms with Gasteiger partial charge in [-0.15, -0.1) is 0 Å². The van der Waals surface area contributed by atoms with E-state index in [9.17, 15) is 9.59 Å². The van der Waals surface area contributed by atoms with Gasteiger partial charge in [0.1, 0.15) is 0 Å². The minimum absolute atomic E-state index is 0.442. The van der Waals surface area contributed by atoms with E-state index < -0.39 is 11.8 Å². The Balaban J connectivity index is 1.49. The average Bonchev–Trinajstić information content (AvgIpc) is 2.70. The maximum Gasteiger partial charge on any atom is 0.313 e. The molecule has 8 heteroatoms. The number of ether oxygens (including phenoxy) is 2. The minimum atomic E-state index is -0.646. The number of carbonyl (C=O) groups excluding carboxylic acids is 2. The summed E-state index contributed by atoms with van der Waals surface area (Å²) in [5, 5.41) is 5.41. The highest BCUT2D eigenvalue weighted by molar-refractivity contribution is 6.39. The number of benzene rings is 1. The summed E-state index contributed by atoms with van der Waals surface area (Å²) in [5.74, 6) is -1.26. The average molecular weight is 362 g/mol. The van der Waals surface area contributed by atoms with Gasteiger partial charge in [-0.3, -0.25) is 14.5 Å². The third kappa shape index (κ3) is 5.17. The number of rotatable bonds is 5. The van der Waals surface area contributed by atoms with Gasteiger partial charge in [0, 0.05) is 39.3 Å². The van der Waals surface area contributed by atoms with Crippen molar-refractivity contribution in [1.82, 2.24) is 10.2 Å². The molecule has 0 aliphatic carbocycles. The van der Waals surface area contributed by atoms with Crippen LogP contribution >= 0.6 is 0 Å². The lowest BCUT2D eigenvalue weighted by molar-refractivity contribution is -0.136. The summed E-state index contributed by atoms with van der Waals surface area (Å²) in [6.07, 6.45) is 0. The van der Waals surface area contributed by atoms with Crippen LogP contribution in [0.15, 0.2) is 24.3 Å². The van der Waals surface area contributed by atoms with Crippen molar-refractivity contribution in [2.75, 3.05) is 75.9 Å². The zero-order chi connectivity index (χ0) is 18.2. The number of nitrogens with one attached hydrogen (secondary N) is 2.